The van der Waals surface area contributed by atoms with Crippen LogP contribution in [0.4, 0.5) is 0 Å². The first-order valence-corrected chi connectivity index (χ1v) is 3.05. The van der Waals surface area contributed by atoms with Crippen molar-refractivity contribution in [2.24, 2.45) is 0 Å². The molecule has 0 unspecified atom stereocenters. The Balaban J connectivity index is 3.46. The SMILES string of the molecule is B=BB=BB=BB=BOC. The molecule has 0 aromatic heterocycles. The minimum absolute atomic E-state index is 1.61. The summed E-state index contributed by atoms with van der Waals surface area (Å²) in [6.07, 6.45) is 0. The van der Waals surface area contributed by atoms with Crippen molar-refractivity contribution in [1.29, 1.82) is 0 Å². The second-order valence-electron chi connectivity index (χ2n) is 1.57. The van der Waals surface area contributed by atoms with E-state index in [9.17, 15) is 0 Å². The fourth-order valence-electron chi connectivity index (χ4n) is 0.395. The summed E-state index contributed by atoms with van der Waals surface area (Å²) < 4.78 is 4.67. The Labute approximate surface area is 66.9 Å². The Bertz CT molecular complexity index is 157. The molecule has 0 aliphatic heterocycles. The molecule has 0 spiro atoms. The summed E-state index contributed by atoms with van der Waals surface area (Å²) in [7, 11) is 6.76. The van der Waals surface area contributed by atoms with Gasteiger partial charge in [0, 0.05) is 0 Å². The number of rotatable bonds is 4. The maximum atomic E-state index is 4.67. The average molecular weight is 119 g/mol. The normalized spacial score (nSPS) is 6.40. The van der Waals surface area contributed by atoms with Crippen molar-refractivity contribution >= 4 is 54.5 Å². The molecule has 10 heavy (non-hydrogen) atoms. The van der Waals surface area contributed by atoms with E-state index in [4.69, 9.17) is 0 Å². The van der Waals surface area contributed by atoms with E-state index in [1.807, 2.05) is 33.5 Å². The molecule has 0 fully saturated rings. The van der Waals surface area contributed by atoms with Crippen molar-refractivity contribution in [1.82, 2.24) is 0 Å². The van der Waals surface area contributed by atoms with Crippen molar-refractivity contribution in [2.75, 3.05) is 7.11 Å². The van der Waals surface area contributed by atoms with Crippen LogP contribution in [0.5, 0.6) is 0 Å². The van der Waals surface area contributed by atoms with Crippen molar-refractivity contribution < 1.29 is 4.65 Å². The van der Waals surface area contributed by atoms with Gasteiger partial charge in [0.15, 0.2) is 0 Å². The van der Waals surface area contributed by atoms with E-state index >= 15 is 0 Å². The molecule has 0 aliphatic rings. The molecule has 0 saturated heterocycles. The van der Waals surface area contributed by atoms with Gasteiger partial charge in [0.2, 0.25) is 0 Å². The predicted octanol–water partition coefficient (Wildman–Crippen LogP) is -3.22. The van der Waals surface area contributed by atoms with Gasteiger partial charge in [-0.05, 0) is 0 Å². The van der Waals surface area contributed by atoms with Crippen molar-refractivity contribution in [2.45, 2.75) is 0 Å². The van der Waals surface area contributed by atoms with Crippen LogP contribution in [0.15, 0.2) is 0 Å². The van der Waals surface area contributed by atoms with Crippen LogP contribution in [0.3, 0.4) is 0 Å². The third-order valence-electron chi connectivity index (χ3n) is 0.795. The molecule has 0 aliphatic carbocycles. The van der Waals surface area contributed by atoms with Crippen LogP contribution in [0, 0.1) is 0 Å². The Hall–Kier alpha value is 0.319. The van der Waals surface area contributed by atoms with Crippen LogP contribution >= 0.6 is 0 Å². The Kier molecular flexibility index (Phi) is 9.62. The molecular formula is CH4B8O. The second kappa shape index (κ2) is 9.32. The first-order chi connectivity index (χ1) is 4.91. The third-order valence-corrected chi connectivity index (χ3v) is 0.795. The molecule has 0 heterocycles. The third kappa shape index (κ3) is 8.32. The summed E-state index contributed by atoms with van der Waals surface area (Å²) in [5.74, 6) is 0. The van der Waals surface area contributed by atoms with E-state index in [1.54, 1.807) is 20.8 Å². The van der Waals surface area contributed by atoms with Gasteiger partial charge in [-0.2, -0.15) is 0 Å². The molecule has 0 aromatic carbocycles. The van der Waals surface area contributed by atoms with Crippen LogP contribution in [-0.2, 0) is 4.65 Å². The van der Waals surface area contributed by atoms with Crippen molar-refractivity contribution in [3.8, 4) is 0 Å². The zero-order chi connectivity index (χ0) is 7.66. The van der Waals surface area contributed by atoms with E-state index in [0.29, 0.717) is 0 Å². The first kappa shape index (κ1) is 10.3. The van der Waals surface area contributed by atoms with Gasteiger partial charge in [0.1, 0.15) is 0 Å². The monoisotopic (exact) mass is 120 g/mol. The van der Waals surface area contributed by atoms with Gasteiger partial charge in [-0.15, -0.1) is 0 Å². The van der Waals surface area contributed by atoms with Crippen molar-refractivity contribution in [3.05, 3.63) is 0 Å². The predicted molar refractivity (Wildman–Crippen MR) is 54.4 cm³/mol. The molecule has 0 atom stereocenters. The van der Waals surface area contributed by atoms with Gasteiger partial charge < -0.3 is 0 Å². The summed E-state index contributed by atoms with van der Waals surface area (Å²) in [4.78, 5) is 0. The fourth-order valence-corrected chi connectivity index (χ4v) is 0.395. The average Bonchev–Trinajstić information content (AvgIpc) is 1.97. The van der Waals surface area contributed by atoms with Gasteiger partial charge in [0.05, 0.1) is 0 Å². The zero-order valence-corrected chi connectivity index (χ0v) is 6.16. The quantitative estimate of drug-likeness (QED) is 0.353. The summed E-state index contributed by atoms with van der Waals surface area (Å²) >= 11 is 0. The summed E-state index contributed by atoms with van der Waals surface area (Å²) in [5, 5.41) is 0. The van der Waals surface area contributed by atoms with Crippen LogP contribution in [0.1, 0.15) is 0 Å². The molecule has 0 bridgehead atoms. The Morgan fingerprint density at radius 2 is 1.60 bits per heavy atom. The van der Waals surface area contributed by atoms with Crippen LogP contribution in [-0.4, -0.2) is 61.6 Å². The standard InChI is InChI=1S/CH4B8O/c1-10-9-8-7-6-5-4-3-2/h2H,1H3. The topological polar surface area (TPSA) is 9.23 Å². The number of hydrogen-bond donors (Lipinski definition) is 0. The molecule has 0 aromatic rings. The molecule has 0 rings (SSSR count). The summed E-state index contributed by atoms with van der Waals surface area (Å²) in [6, 6.07) is 0. The molecule has 0 saturated carbocycles. The van der Waals surface area contributed by atoms with E-state index in [1.165, 1.54) is 0 Å². The van der Waals surface area contributed by atoms with Crippen LogP contribution in [0.2, 0.25) is 0 Å². The molecule has 9 heteroatoms. The molecular weight excluding hydrogens is 115 g/mol. The minimum atomic E-state index is 1.61. The molecule has 0 radical (unpaired) electrons. The van der Waals surface area contributed by atoms with E-state index in [0.717, 1.165) is 0 Å². The van der Waals surface area contributed by atoms with Gasteiger partial charge in [-0.25, -0.2) is 0 Å². The van der Waals surface area contributed by atoms with Gasteiger partial charge in [-0.3, -0.25) is 0 Å². The fraction of sp³-hybridized carbons (Fsp3) is 1.00. The van der Waals surface area contributed by atoms with Gasteiger partial charge >= 0.3 is 66.3 Å². The van der Waals surface area contributed by atoms with E-state index < -0.39 is 0 Å². The molecule has 0 N–H and O–H groups in total. The Morgan fingerprint density at radius 3 is 2.20 bits per heavy atom. The van der Waals surface area contributed by atoms with Crippen LogP contribution in [0.25, 0.3) is 0 Å². The number of hydrogen-bond acceptors (Lipinski definition) is 1. The Morgan fingerprint density at radius 1 is 1.00 bits per heavy atom. The van der Waals surface area contributed by atoms with E-state index in [-0.39, 0.29) is 0 Å². The van der Waals surface area contributed by atoms with E-state index in [2.05, 4.69) is 12.0 Å². The summed E-state index contributed by atoms with van der Waals surface area (Å²) in [5.41, 5.74) is 0. The van der Waals surface area contributed by atoms with Crippen molar-refractivity contribution in [3.63, 3.8) is 0 Å². The van der Waals surface area contributed by atoms with Crippen LogP contribution < -0.4 is 0 Å². The van der Waals surface area contributed by atoms with Gasteiger partial charge in [0.25, 0.3) is 0 Å². The zero-order valence-electron chi connectivity index (χ0n) is 6.16. The summed E-state index contributed by atoms with van der Waals surface area (Å²) in [6.45, 7) is 11.1. The van der Waals surface area contributed by atoms with Gasteiger partial charge in [-0.1, -0.05) is 0 Å². The second-order valence-corrected chi connectivity index (χ2v) is 1.57. The molecule has 1 nitrogen and oxygen atoms in total. The molecule has 38 valence electrons. The maximum absolute atomic E-state index is 4.67. The molecule has 0 amide bonds. The first-order valence-electron chi connectivity index (χ1n) is 3.05.